The van der Waals surface area contributed by atoms with E-state index in [1.54, 1.807) is 0 Å². The van der Waals surface area contributed by atoms with Gasteiger partial charge in [0.15, 0.2) is 0 Å². The second kappa shape index (κ2) is 5.48. The zero-order chi connectivity index (χ0) is 12.3. The summed E-state index contributed by atoms with van der Waals surface area (Å²) in [5, 5.41) is 0.737. The Bertz CT molecular complexity index is 541. The molecule has 17 heavy (non-hydrogen) atoms. The molecule has 1 aliphatic rings. The summed E-state index contributed by atoms with van der Waals surface area (Å²) >= 11 is 9.84. The van der Waals surface area contributed by atoms with Crippen molar-refractivity contribution in [2.45, 2.75) is 6.42 Å². The van der Waals surface area contributed by atoms with Crippen LogP contribution in [0.2, 0.25) is 0 Å². The molecule has 1 aromatic rings. The van der Waals surface area contributed by atoms with Gasteiger partial charge in [-0.3, -0.25) is 4.99 Å². The Morgan fingerprint density at radius 3 is 2.71 bits per heavy atom. The fraction of sp³-hybridized carbons (Fsp3) is 0.0714. The van der Waals surface area contributed by atoms with Crippen LogP contribution in [0.5, 0.6) is 0 Å². The van der Waals surface area contributed by atoms with E-state index in [0.717, 1.165) is 32.8 Å². The van der Waals surface area contributed by atoms with Crippen molar-refractivity contribution in [3.63, 3.8) is 0 Å². The molecule has 3 heteroatoms. The summed E-state index contributed by atoms with van der Waals surface area (Å²) in [6.07, 6.45) is 6.92. The van der Waals surface area contributed by atoms with Gasteiger partial charge in [-0.2, -0.15) is 0 Å². The highest BCUT2D eigenvalue weighted by Crippen LogP contribution is 2.34. The molecule has 0 fully saturated rings. The van der Waals surface area contributed by atoms with Crippen molar-refractivity contribution in [1.82, 2.24) is 0 Å². The number of halogens is 2. The van der Waals surface area contributed by atoms with Crippen LogP contribution in [0.4, 0.5) is 5.69 Å². The summed E-state index contributed by atoms with van der Waals surface area (Å²) in [6.45, 7) is 3.56. The molecule has 0 saturated heterocycles. The summed E-state index contributed by atoms with van der Waals surface area (Å²) in [6, 6.07) is 7.74. The lowest BCUT2D eigenvalue weighted by molar-refractivity contribution is 1.27. The van der Waals surface area contributed by atoms with Gasteiger partial charge in [-0.1, -0.05) is 57.9 Å². The molecule has 0 bridgehead atoms. The molecular formula is C14H11BrClN. The van der Waals surface area contributed by atoms with E-state index in [-0.39, 0.29) is 0 Å². The quantitative estimate of drug-likeness (QED) is 0.665. The number of nitrogens with zero attached hydrogens (tertiary/aromatic N) is 1. The topological polar surface area (TPSA) is 12.4 Å². The van der Waals surface area contributed by atoms with E-state index in [1.165, 1.54) is 0 Å². The fourth-order valence-corrected chi connectivity index (χ4v) is 2.25. The molecule has 1 nitrogen and oxygen atoms in total. The lowest BCUT2D eigenvalue weighted by Crippen LogP contribution is -1.88. The third-order valence-electron chi connectivity index (χ3n) is 2.55. The Balaban J connectivity index is 2.44. The first-order valence-electron chi connectivity index (χ1n) is 5.21. The van der Waals surface area contributed by atoms with Gasteiger partial charge in [0, 0.05) is 10.0 Å². The predicted molar refractivity (Wildman–Crippen MR) is 79.2 cm³/mol. The number of rotatable bonds is 2. The van der Waals surface area contributed by atoms with E-state index in [2.05, 4.69) is 33.7 Å². The Labute approximate surface area is 114 Å². The predicted octanol–water partition coefficient (Wildman–Crippen LogP) is 5.21. The van der Waals surface area contributed by atoms with Gasteiger partial charge in [0.2, 0.25) is 0 Å². The van der Waals surface area contributed by atoms with Crippen LogP contribution < -0.4 is 0 Å². The number of hydrogen-bond acceptors (Lipinski definition) is 1. The third-order valence-corrected chi connectivity index (χ3v) is 3.59. The minimum atomic E-state index is 0.737. The maximum atomic E-state index is 6.41. The van der Waals surface area contributed by atoms with Crippen LogP contribution >= 0.6 is 27.5 Å². The summed E-state index contributed by atoms with van der Waals surface area (Å²) < 4.78 is 1.08. The highest BCUT2D eigenvalue weighted by atomic mass is 79.9. The number of para-hydroxylation sites is 1. The standard InChI is InChI=1S/C14H11BrClN/c1-17-13-5-3-2-4-12(13)14(16)10-6-8-11(15)9-7-10/h2-6,8-9H,1,7H2/b14-10+. The van der Waals surface area contributed by atoms with Crippen molar-refractivity contribution in [3.05, 3.63) is 58.1 Å². The summed E-state index contributed by atoms with van der Waals surface area (Å²) in [4.78, 5) is 3.98. The van der Waals surface area contributed by atoms with Crippen molar-refractivity contribution in [2.75, 3.05) is 0 Å². The normalized spacial score (nSPS) is 17.6. The molecule has 0 unspecified atom stereocenters. The molecule has 86 valence electrons. The van der Waals surface area contributed by atoms with Gasteiger partial charge >= 0.3 is 0 Å². The summed E-state index contributed by atoms with van der Waals surface area (Å²) in [5.41, 5.74) is 2.83. The maximum Gasteiger partial charge on any atom is 0.0709 e. The van der Waals surface area contributed by atoms with E-state index in [1.807, 2.05) is 36.4 Å². The fourth-order valence-electron chi connectivity index (χ4n) is 1.66. The smallest absolute Gasteiger partial charge is 0.0709 e. The minimum Gasteiger partial charge on any atom is -0.264 e. The first-order chi connectivity index (χ1) is 8.22. The van der Waals surface area contributed by atoms with Gasteiger partial charge in [-0.05, 0) is 30.9 Å². The summed E-state index contributed by atoms with van der Waals surface area (Å²) in [5.74, 6) is 0. The van der Waals surface area contributed by atoms with Crippen molar-refractivity contribution >= 4 is 45.0 Å². The molecule has 0 atom stereocenters. The molecule has 0 aliphatic heterocycles. The highest BCUT2D eigenvalue weighted by Gasteiger charge is 2.09. The Hall–Kier alpha value is -1.12. The van der Waals surface area contributed by atoms with Crippen LogP contribution in [-0.2, 0) is 0 Å². The van der Waals surface area contributed by atoms with Crippen molar-refractivity contribution in [2.24, 2.45) is 4.99 Å². The van der Waals surface area contributed by atoms with E-state index in [9.17, 15) is 0 Å². The lowest BCUT2D eigenvalue weighted by Gasteiger charge is -2.10. The average Bonchev–Trinajstić information content (AvgIpc) is 2.39. The van der Waals surface area contributed by atoms with Gasteiger partial charge in [-0.15, -0.1) is 0 Å². The van der Waals surface area contributed by atoms with E-state index in [0.29, 0.717) is 0 Å². The number of hydrogen-bond donors (Lipinski definition) is 0. The van der Waals surface area contributed by atoms with Crippen molar-refractivity contribution in [1.29, 1.82) is 0 Å². The number of aliphatic imine (C=N–C) groups is 1. The van der Waals surface area contributed by atoms with Crippen LogP contribution in [-0.4, -0.2) is 6.72 Å². The number of allylic oxidation sites excluding steroid dienone is 5. The van der Waals surface area contributed by atoms with Gasteiger partial charge in [0.25, 0.3) is 0 Å². The monoisotopic (exact) mass is 307 g/mol. The maximum absolute atomic E-state index is 6.41. The van der Waals surface area contributed by atoms with Crippen molar-refractivity contribution in [3.8, 4) is 0 Å². The van der Waals surface area contributed by atoms with E-state index >= 15 is 0 Å². The van der Waals surface area contributed by atoms with Gasteiger partial charge in [-0.25, -0.2) is 0 Å². The highest BCUT2D eigenvalue weighted by molar-refractivity contribution is 9.11. The van der Waals surface area contributed by atoms with Gasteiger partial charge in [0.05, 0.1) is 10.7 Å². The molecule has 0 heterocycles. The van der Waals surface area contributed by atoms with E-state index in [4.69, 9.17) is 11.6 Å². The van der Waals surface area contributed by atoms with E-state index < -0.39 is 0 Å². The molecule has 0 radical (unpaired) electrons. The Morgan fingerprint density at radius 1 is 1.29 bits per heavy atom. The molecule has 0 aromatic heterocycles. The van der Waals surface area contributed by atoms with Crippen LogP contribution in [0, 0.1) is 0 Å². The average molecular weight is 309 g/mol. The first-order valence-corrected chi connectivity index (χ1v) is 6.38. The Kier molecular flexibility index (Phi) is 3.97. The van der Waals surface area contributed by atoms with Crippen LogP contribution in [0.25, 0.3) is 5.03 Å². The molecule has 0 saturated carbocycles. The molecule has 0 spiro atoms. The lowest BCUT2D eigenvalue weighted by atomic mass is 10.0. The second-order valence-electron chi connectivity index (χ2n) is 3.64. The first kappa shape index (κ1) is 12.3. The molecule has 1 aromatic carbocycles. The van der Waals surface area contributed by atoms with Crippen LogP contribution in [0.3, 0.4) is 0 Å². The second-order valence-corrected chi connectivity index (χ2v) is 4.93. The molecule has 2 rings (SSSR count). The largest absolute Gasteiger partial charge is 0.264 e. The van der Waals surface area contributed by atoms with Crippen LogP contribution in [0.15, 0.2) is 57.5 Å². The molecule has 0 amide bonds. The molecular weight excluding hydrogens is 298 g/mol. The SMILES string of the molecule is C=Nc1ccccc1/C(Cl)=C1/C=CC(Br)=CC1. The summed E-state index contributed by atoms with van der Waals surface area (Å²) in [7, 11) is 0. The van der Waals surface area contributed by atoms with Crippen molar-refractivity contribution < 1.29 is 0 Å². The molecule has 1 aliphatic carbocycles. The molecule has 0 N–H and O–H groups in total. The third kappa shape index (κ3) is 2.76. The minimum absolute atomic E-state index is 0.737. The zero-order valence-corrected chi connectivity index (χ0v) is 11.5. The van der Waals surface area contributed by atoms with Crippen LogP contribution in [0.1, 0.15) is 12.0 Å². The van der Waals surface area contributed by atoms with Gasteiger partial charge < -0.3 is 0 Å². The number of benzene rings is 1. The van der Waals surface area contributed by atoms with Gasteiger partial charge in [0.1, 0.15) is 0 Å². The zero-order valence-electron chi connectivity index (χ0n) is 9.16. The Morgan fingerprint density at radius 2 is 2.06 bits per heavy atom.